The predicted octanol–water partition coefficient (Wildman–Crippen LogP) is -1.49. The van der Waals surface area contributed by atoms with Crippen molar-refractivity contribution in [3.63, 3.8) is 0 Å². The zero-order chi connectivity index (χ0) is 10.8. The van der Waals surface area contributed by atoms with Crippen LogP contribution in [0, 0.1) is 0 Å². The van der Waals surface area contributed by atoms with Gasteiger partial charge in [0.15, 0.2) is 0 Å². The summed E-state index contributed by atoms with van der Waals surface area (Å²) < 4.78 is 9.31. The maximum absolute atomic E-state index is 11.0. The molecule has 0 heterocycles. The Kier molecular flexibility index (Phi) is 7.77. The van der Waals surface area contributed by atoms with Crippen molar-refractivity contribution >= 4 is 11.8 Å². The second-order valence-electron chi connectivity index (χ2n) is 2.55. The first-order valence-electron chi connectivity index (χ1n) is 4.22. The molecule has 2 N–H and O–H groups in total. The molecule has 0 fully saturated rings. The van der Waals surface area contributed by atoms with Gasteiger partial charge in [0.05, 0.1) is 13.2 Å². The predicted molar refractivity (Wildman–Crippen MR) is 49.8 cm³/mol. The van der Waals surface area contributed by atoms with Gasteiger partial charge >= 0.3 is 0 Å². The fourth-order valence-corrected chi connectivity index (χ4v) is 0.716. The molecule has 0 bridgehead atoms. The first-order valence-corrected chi connectivity index (χ1v) is 4.22. The Bertz CT molecular complexity index is 184. The number of hydrogen-bond acceptors (Lipinski definition) is 4. The van der Waals surface area contributed by atoms with Gasteiger partial charge in [-0.2, -0.15) is 0 Å². The second kappa shape index (κ2) is 8.46. The van der Waals surface area contributed by atoms with E-state index in [4.69, 9.17) is 4.74 Å². The van der Waals surface area contributed by atoms with Gasteiger partial charge in [0, 0.05) is 20.8 Å². The van der Waals surface area contributed by atoms with Gasteiger partial charge in [-0.15, -0.1) is 0 Å². The number of rotatable bonds is 7. The van der Waals surface area contributed by atoms with Crippen molar-refractivity contribution in [3.8, 4) is 0 Å². The van der Waals surface area contributed by atoms with Crippen LogP contribution in [0.2, 0.25) is 0 Å². The van der Waals surface area contributed by atoms with Crippen molar-refractivity contribution in [2.24, 2.45) is 0 Å². The van der Waals surface area contributed by atoms with Crippen molar-refractivity contribution in [1.29, 1.82) is 0 Å². The Morgan fingerprint density at radius 1 is 1.07 bits per heavy atom. The van der Waals surface area contributed by atoms with Gasteiger partial charge in [-0.1, -0.05) is 0 Å². The average molecular weight is 204 g/mol. The van der Waals surface area contributed by atoms with Crippen molar-refractivity contribution in [3.05, 3.63) is 0 Å². The largest absolute Gasteiger partial charge is 0.383 e. The van der Waals surface area contributed by atoms with Gasteiger partial charge < -0.3 is 20.1 Å². The molecule has 0 spiro atoms. The Morgan fingerprint density at radius 2 is 1.79 bits per heavy atom. The number of methoxy groups -OCH3 is 2. The number of amides is 2. The van der Waals surface area contributed by atoms with E-state index in [1.165, 1.54) is 7.11 Å². The zero-order valence-corrected chi connectivity index (χ0v) is 8.46. The first-order chi connectivity index (χ1) is 6.70. The summed E-state index contributed by atoms with van der Waals surface area (Å²) in [6, 6.07) is 0. The van der Waals surface area contributed by atoms with Crippen molar-refractivity contribution < 1.29 is 19.1 Å². The van der Waals surface area contributed by atoms with E-state index < -0.39 is 0 Å². The molecule has 82 valence electrons. The lowest BCUT2D eigenvalue weighted by Crippen LogP contribution is -2.39. The van der Waals surface area contributed by atoms with Crippen LogP contribution in [0.15, 0.2) is 0 Å². The van der Waals surface area contributed by atoms with Crippen LogP contribution in [0.3, 0.4) is 0 Å². The van der Waals surface area contributed by atoms with Crippen LogP contribution in [0.25, 0.3) is 0 Å². The SMILES string of the molecule is COCCNC(=O)CNC(=O)COC. The van der Waals surface area contributed by atoms with Gasteiger partial charge in [0.1, 0.15) is 6.61 Å². The van der Waals surface area contributed by atoms with E-state index in [1.807, 2.05) is 0 Å². The van der Waals surface area contributed by atoms with Crippen LogP contribution in [0.4, 0.5) is 0 Å². The third kappa shape index (κ3) is 7.51. The molecule has 0 aromatic heterocycles. The Labute approximate surface area is 82.9 Å². The summed E-state index contributed by atoms with van der Waals surface area (Å²) in [4.78, 5) is 21.8. The normalized spacial score (nSPS) is 9.57. The fourth-order valence-electron chi connectivity index (χ4n) is 0.716. The molecule has 0 aromatic carbocycles. The number of hydrogen-bond donors (Lipinski definition) is 2. The zero-order valence-electron chi connectivity index (χ0n) is 8.46. The van der Waals surface area contributed by atoms with E-state index in [2.05, 4.69) is 15.4 Å². The smallest absolute Gasteiger partial charge is 0.246 e. The summed E-state index contributed by atoms with van der Waals surface area (Å²) in [5.74, 6) is -0.555. The Morgan fingerprint density at radius 3 is 2.36 bits per heavy atom. The molecule has 0 atom stereocenters. The van der Waals surface area contributed by atoms with Gasteiger partial charge in [-0.3, -0.25) is 9.59 Å². The molecule has 0 unspecified atom stereocenters. The minimum Gasteiger partial charge on any atom is -0.383 e. The molecule has 0 aliphatic heterocycles. The summed E-state index contributed by atoms with van der Waals surface area (Å²) in [6.45, 7) is 0.824. The molecule has 0 aliphatic rings. The van der Waals surface area contributed by atoms with Crippen LogP contribution in [0.5, 0.6) is 0 Å². The molecule has 0 aromatic rings. The lowest BCUT2D eigenvalue weighted by atomic mass is 10.5. The molecule has 6 heteroatoms. The minimum absolute atomic E-state index is 0.0358. The van der Waals surface area contributed by atoms with E-state index >= 15 is 0 Å². The number of ether oxygens (including phenoxy) is 2. The maximum Gasteiger partial charge on any atom is 0.246 e. The third-order valence-electron chi connectivity index (χ3n) is 1.35. The molecule has 0 aliphatic carbocycles. The minimum atomic E-state index is -0.311. The first kappa shape index (κ1) is 12.9. The summed E-state index contributed by atoms with van der Waals surface area (Å²) in [5.41, 5.74) is 0. The number of carbonyl (C=O) groups excluding carboxylic acids is 2. The highest BCUT2D eigenvalue weighted by Crippen LogP contribution is 1.71. The summed E-state index contributed by atoms with van der Waals surface area (Å²) in [7, 11) is 2.96. The summed E-state index contributed by atoms with van der Waals surface area (Å²) >= 11 is 0. The van der Waals surface area contributed by atoms with Crippen molar-refractivity contribution in [2.45, 2.75) is 0 Å². The van der Waals surface area contributed by atoms with E-state index in [1.54, 1.807) is 7.11 Å². The van der Waals surface area contributed by atoms with Gasteiger partial charge in [-0.25, -0.2) is 0 Å². The summed E-state index contributed by atoms with van der Waals surface area (Å²) in [5, 5.41) is 4.96. The highest BCUT2D eigenvalue weighted by atomic mass is 16.5. The Hall–Kier alpha value is -1.14. The second-order valence-corrected chi connectivity index (χ2v) is 2.55. The van der Waals surface area contributed by atoms with Gasteiger partial charge in [-0.05, 0) is 0 Å². The lowest BCUT2D eigenvalue weighted by Gasteiger charge is -2.05. The molecule has 0 radical (unpaired) electrons. The van der Waals surface area contributed by atoms with E-state index in [9.17, 15) is 9.59 Å². The van der Waals surface area contributed by atoms with Gasteiger partial charge in [0.25, 0.3) is 0 Å². The van der Waals surface area contributed by atoms with Crippen LogP contribution >= 0.6 is 0 Å². The van der Waals surface area contributed by atoms with Gasteiger partial charge in [0.2, 0.25) is 11.8 Å². The van der Waals surface area contributed by atoms with Crippen molar-refractivity contribution in [1.82, 2.24) is 10.6 Å². The highest BCUT2D eigenvalue weighted by molar-refractivity contribution is 5.85. The van der Waals surface area contributed by atoms with Crippen LogP contribution in [0.1, 0.15) is 0 Å². The lowest BCUT2D eigenvalue weighted by molar-refractivity contribution is -0.128. The van der Waals surface area contributed by atoms with Crippen LogP contribution in [-0.2, 0) is 19.1 Å². The van der Waals surface area contributed by atoms with E-state index in [0.29, 0.717) is 13.2 Å². The third-order valence-corrected chi connectivity index (χ3v) is 1.35. The maximum atomic E-state index is 11.0. The molecular formula is C8H16N2O4. The Balaban J connectivity index is 3.39. The standard InChI is InChI=1S/C8H16N2O4/c1-13-4-3-9-7(11)5-10-8(12)6-14-2/h3-6H2,1-2H3,(H,9,11)(H,10,12). The molecule has 14 heavy (non-hydrogen) atoms. The summed E-state index contributed by atoms with van der Waals surface area (Å²) in [6.07, 6.45) is 0. The van der Waals surface area contributed by atoms with E-state index in [0.717, 1.165) is 0 Å². The highest BCUT2D eigenvalue weighted by Gasteiger charge is 2.03. The molecule has 0 saturated heterocycles. The number of carbonyl (C=O) groups is 2. The molecule has 6 nitrogen and oxygen atoms in total. The van der Waals surface area contributed by atoms with E-state index in [-0.39, 0.29) is 25.0 Å². The van der Waals surface area contributed by atoms with Crippen LogP contribution in [-0.4, -0.2) is 52.3 Å². The molecular weight excluding hydrogens is 188 g/mol. The number of nitrogens with one attached hydrogen (secondary N) is 2. The average Bonchev–Trinajstić information content (AvgIpc) is 2.16. The molecule has 0 rings (SSSR count). The monoisotopic (exact) mass is 204 g/mol. The van der Waals surface area contributed by atoms with Crippen LogP contribution < -0.4 is 10.6 Å². The molecule has 0 saturated carbocycles. The topological polar surface area (TPSA) is 76.7 Å². The molecule has 2 amide bonds. The quantitative estimate of drug-likeness (QED) is 0.495. The van der Waals surface area contributed by atoms with Crippen molar-refractivity contribution in [2.75, 3.05) is 40.5 Å². The fraction of sp³-hybridized carbons (Fsp3) is 0.750.